The molecule has 1 aromatic heterocycles. The van der Waals surface area contributed by atoms with Crippen molar-refractivity contribution < 1.29 is 22.4 Å². The Morgan fingerprint density at radius 2 is 1.88 bits per heavy atom. The lowest BCUT2D eigenvalue weighted by Crippen LogP contribution is -2.40. The predicted molar refractivity (Wildman–Crippen MR) is 120 cm³/mol. The summed E-state index contributed by atoms with van der Waals surface area (Å²) in [6, 6.07) is 11.7. The smallest absolute Gasteiger partial charge is 0.276 e. The van der Waals surface area contributed by atoms with Gasteiger partial charge in [-0.25, -0.2) is 8.42 Å². The van der Waals surface area contributed by atoms with Crippen molar-refractivity contribution in [1.82, 2.24) is 14.5 Å². The minimum Gasteiger partial charge on any atom is -0.411 e. The maximum absolute atomic E-state index is 13.1. The first kappa shape index (κ1) is 22.5. The van der Waals surface area contributed by atoms with Crippen molar-refractivity contribution in [3.8, 4) is 11.5 Å². The number of nitrogens with one attached hydrogen (secondary N) is 1. The number of carbonyl (C=O) groups excluding carboxylic acids is 1. The van der Waals surface area contributed by atoms with Crippen LogP contribution in [0.15, 0.2) is 57.0 Å². The summed E-state index contributed by atoms with van der Waals surface area (Å²) in [5.41, 5.74) is 1.85. The molecule has 0 atom stereocenters. The van der Waals surface area contributed by atoms with Crippen LogP contribution in [0.2, 0.25) is 0 Å². The highest BCUT2D eigenvalue weighted by Crippen LogP contribution is 2.29. The number of morpholine rings is 1. The zero-order valence-corrected chi connectivity index (χ0v) is 19.2. The molecule has 1 aliphatic heterocycles. The van der Waals surface area contributed by atoms with Crippen LogP contribution < -0.4 is 5.32 Å². The normalized spacial score (nSPS) is 14.9. The van der Waals surface area contributed by atoms with Gasteiger partial charge in [0.2, 0.25) is 10.0 Å². The van der Waals surface area contributed by atoms with Gasteiger partial charge in [0.05, 0.1) is 29.4 Å². The van der Waals surface area contributed by atoms with Gasteiger partial charge in [0.15, 0.2) is 0 Å². The molecular weight excluding hydrogens is 452 g/mol. The van der Waals surface area contributed by atoms with Gasteiger partial charge >= 0.3 is 0 Å². The number of thioether (sulfide) groups is 1. The first-order chi connectivity index (χ1) is 15.4. The summed E-state index contributed by atoms with van der Waals surface area (Å²) in [6.45, 7) is 2.98. The number of para-hydroxylation sites is 1. The summed E-state index contributed by atoms with van der Waals surface area (Å²) in [5.74, 6) is -0.162. The Kier molecular flexibility index (Phi) is 6.60. The van der Waals surface area contributed by atoms with Crippen LogP contribution in [0.1, 0.15) is 15.9 Å². The number of hydrogen-bond acceptors (Lipinski definition) is 8. The van der Waals surface area contributed by atoms with Crippen LogP contribution in [-0.4, -0.2) is 61.4 Å². The molecule has 2 heterocycles. The second-order valence-electron chi connectivity index (χ2n) is 7.07. The van der Waals surface area contributed by atoms with E-state index in [0.717, 1.165) is 0 Å². The lowest BCUT2D eigenvalue weighted by atomic mass is 10.1. The number of amides is 1. The number of aromatic nitrogens is 2. The van der Waals surface area contributed by atoms with Crippen molar-refractivity contribution in [2.24, 2.45) is 0 Å². The van der Waals surface area contributed by atoms with E-state index in [1.165, 1.54) is 22.1 Å². The second-order valence-corrected chi connectivity index (χ2v) is 9.74. The van der Waals surface area contributed by atoms with Crippen LogP contribution >= 0.6 is 11.8 Å². The monoisotopic (exact) mass is 474 g/mol. The third-order valence-electron chi connectivity index (χ3n) is 5.02. The van der Waals surface area contributed by atoms with Crippen LogP contribution in [0.3, 0.4) is 0 Å². The molecule has 0 saturated carbocycles. The fourth-order valence-corrected chi connectivity index (χ4v) is 5.26. The molecule has 0 aliphatic carbocycles. The van der Waals surface area contributed by atoms with E-state index in [1.54, 1.807) is 43.3 Å². The van der Waals surface area contributed by atoms with E-state index in [9.17, 15) is 13.2 Å². The van der Waals surface area contributed by atoms with E-state index in [0.29, 0.717) is 35.3 Å². The van der Waals surface area contributed by atoms with Gasteiger partial charge in [-0.05, 0) is 43.0 Å². The summed E-state index contributed by atoms with van der Waals surface area (Å²) >= 11 is 1.32. The van der Waals surface area contributed by atoms with Crippen LogP contribution in [-0.2, 0) is 14.8 Å². The molecular formula is C21H22N4O5S2. The number of benzene rings is 2. The van der Waals surface area contributed by atoms with Crippen LogP contribution in [0.4, 0.5) is 5.69 Å². The molecule has 32 heavy (non-hydrogen) atoms. The summed E-state index contributed by atoms with van der Waals surface area (Å²) in [4.78, 5) is 13.1. The van der Waals surface area contributed by atoms with Gasteiger partial charge in [0, 0.05) is 18.7 Å². The Labute approximate surface area is 190 Å². The van der Waals surface area contributed by atoms with Gasteiger partial charge in [0.25, 0.3) is 17.0 Å². The lowest BCUT2D eigenvalue weighted by molar-refractivity contribution is 0.0730. The van der Waals surface area contributed by atoms with Gasteiger partial charge in [-0.1, -0.05) is 30.0 Å². The second kappa shape index (κ2) is 9.41. The quantitative estimate of drug-likeness (QED) is 0.542. The fraction of sp³-hybridized carbons (Fsp3) is 0.286. The highest BCUT2D eigenvalue weighted by Gasteiger charge is 2.28. The number of nitrogens with zero attached hydrogens (tertiary/aromatic N) is 3. The molecule has 2 aromatic carbocycles. The molecule has 4 rings (SSSR count). The Morgan fingerprint density at radius 3 is 2.59 bits per heavy atom. The Balaban J connectivity index is 1.62. The molecule has 0 bridgehead atoms. The standard InChI is InChI=1S/C21H22N4O5S2/c1-14-7-8-15(13-18(14)32(27,28)25-9-11-29-12-10-25)19(26)22-17-6-4-3-5-16(17)20-23-24-21(30-20)31-2/h3-8,13H,9-12H2,1-2H3,(H,22,26). The molecule has 1 fully saturated rings. The fourth-order valence-electron chi connectivity index (χ4n) is 3.32. The molecule has 0 radical (unpaired) electrons. The van der Waals surface area contributed by atoms with Crippen molar-refractivity contribution in [1.29, 1.82) is 0 Å². The molecule has 1 N–H and O–H groups in total. The molecule has 0 unspecified atom stereocenters. The van der Waals surface area contributed by atoms with E-state index in [-0.39, 0.29) is 29.4 Å². The van der Waals surface area contributed by atoms with Crippen molar-refractivity contribution in [2.75, 3.05) is 37.9 Å². The molecule has 9 nitrogen and oxygen atoms in total. The van der Waals surface area contributed by atoms with Crippen molar-refractivity contribution in [2.45, 2.75) is 17.0 Å². The van der Waals surface area contributed by atoms with Crippen molar-refractivity contribution in [3.05, 3.63) is 53.6 Å². The van der Waals surface area contributed by atoms with Crippen LogP contribution in [0.5, 0.6) is 0 Å². The van der Waals surface area contributed by atoms with Gasteiger partial charge < -0.3 is 14.5 Å². The first-order valence-electron chi connectivity index (χ1n) is 9.87. The third kappa shape index (κ3) is 4.56. The predicted octanol–water partition coefficient (Wildman–Crippen LogP) is 3.04. The van der Waals surface area contributed by atoms with Crippen LogP contribution in [0.25, 0.3) is 11.5 Å². The molecule has 168 valence electrons. The summed E-state index contributed by atoms with van der Waals surface area (Å²) in [5, 5.41) is 11.2. The van der Waals surface area contributed by atoms with E-state index in [1.807, 2.05) is 6.26 Å². The zero-order chi connectivity index (χ0) is 22.7. The Hall–Kier alpha value is -2.73. The summed E-state index contributed by atoms with van der Waals surface area (Å²) < 4.78 is 38.5. The molecule has 1 saturated heterocycles. The average molecular weight is 475 g/mol. The number of carbonyl (C=O) groups is 1. The maximum Gasteiger partial charge on any atom is 0.276 e. The number of rotatable bonds is 6. The van der Waals surface area contributed by atoms with Crippen molar-refractivity contribution in [3.63, 3.8) is 0 Å². The molecule has 1 amide bonds. The molecule has 11 heteroatoms. The zero-order valence-electron chi connectivity index (χ0n) is 17.6. The van der Waals surface area contributed by atoms with Gasteiger partial charge in [-0.3, -0.25) is 4.79 Å². The number of aryl methyl sites for hydroxylation is 1. The average Bonchev–Trinajstić information content (AvgIpc) is 3.29. The minimum atomic E-state index is -3.74. The van der Waals surface area contributed by atoms with Crippen LogP contribution in [0, 0.1) is 6.92 Å². The highest BCUT2D eigenvalue weighted by molar-refractivity contribution is 7.98. The van der Waals surface area contributed by atoms with Gasteiger partial charge in [0.1, 0.15) is 0 Å². The number of hydrogen-bond donors (Lipinski definition) is 1. The van der Waals surface area contributed by atoms with Gasteiger partial charge in [-0.15, -0.1) is 10.2 Å². The minimum absolute atomic E-state index is 0.113. The summed E-state index contributed by atoms with van der Waals surface area (Å²) in [6.07, 6.45) is 1.82. The summed E-state index contributed by atoms with van der Waals surface area (Å²) in [7, 11) is -3.74. The topological polar surface area (TPSA) is 115 Å². The Morgan fingerprint density at radius 1 is 1.12 bits per heavy atom. The highest BCUT2D eigenvalue weighted by atomic mass is 32.2. The number of anilines is 1. The van der Waals surface area contributed by atoms with E-state index in [4.69, 9.17) is 9.15 Å². The SMILES string of the molecule is CSc1nnc(-c2ccccc2NC(=O)c2ccc(C)c(S(=O)(=O)N3CCOCC3)c2)o1. The largest absolute Gasteiger partial charge is 0.411 e. The molecule has 0 spiro atoms. The molecule has 1 aliphatic rings. The van der Waals surface area contributed by atoms with Gasteiger partial charge in [-0.2, -0.15) is 4.31 Å². The van der Waals surface area contributed by atoms with E-state index < -0.39 is 15.9 Å². The van der Waals surface area contributed by atoms with Crippen molar-refractivity contribution >= 4 is 33.4 Å². The maximum atomic E-state index is 13.1. The first-order valence-corrected chi connectivity index (χ1v) is 12.5. The van der Waals surface area contributed by atoms with E-state index >= 15 is 0 Å². The number of ether oxygens (including phenoxy) is 1. The number of sulfonamides is 1. The third-order valence-corrected chi connectivity index (χ3v) is 7.58. The Bertz CT molecular complexity index is 1240. The van der Waals surface area contributed by atoms with E-state index in [2.05, 4.69) is 15.5 Å². The lowest BCUT2D eigenvalue weighted by Gasteiger charge is -2.26. The molecule has 3 aromatic rings.